The summed E-state index contributed by atoms with van der Waals surface area (Å²) in [4.78, 5) is 54.2. The molecule has 4 rings (SSSR count). The largest absolute Gasteiger partial charge is 0.477 e. The highest BCUT2D eigenvalue weighted by atomic mass is 32.2. The second-order valence-corrected chi connectivity index (χ2v) is 8.76. The number of benzene rings is 1. The van der Waals surface area contributed by atoms with Crippen molar-refractivity contribution in [2.24, 2.45) is 0 Å². The van der Waals surface area contributed by atoms with E-state index in [2.05, 4.69) is 15.6 Å². The van der Waals surface area contributed by atoms with Crippen LogP contribution in [0.3, 0.4) is 0 Å². The van der Waals surface area contributed by atoms with Gasteiger partial charge in [0, 0.05) is 24.7 Å². The van der Waals surface area contributed by atoms with Crippen LogP contribution in [-0.2, 0) is 20.8 Å². The summed E-state index contributed by atoms with van der Waals surface area (Å²) >= 11 is 1.39. The van der Waals surface area contributed by atoms with Crippen molar-refractivity contribution >= 4 is 35.5 Å². The zero-order valence-corrected chi connectivity index (χ0v) is 18.8. The van der Waals surface area contributed by atoms with Gasteiger partial charge in [-0.25, -0.2) is 4.79 Å². The zero-order valence-electron chi connectivity index (χ0n) is 18.0. The van der Waals surface area contributed by atoms with Crippen LogP contribution in [0.25, 0.3) is 0 Å². The SMILES string of the molecule is O=C(Cc1ccccc1)N[C@@H]1C(=O)N2C(C(=O)O)=C(/C=C/CNC(=O)c3cccnc3)CS[C@H]12. The number of fused-ring (bicyclic) bond motifs is 1. The number of carbonyl (C=O) groups is 4. The van der Waals surface area contributed by atoms with Crippen molar-refractivity contribution in [1.82, 2.24) is 20.5 Å². The Morgan fingerprint density at radius 1 is 1.18 bits per heavy atom. The summed E-state index contributed by atoms with van der Waals surface area (Å²) < 4.78 is 0. The first-order chi connectivity index (χ1) is 16.5. The highest BCUT2D eigenvalue weighted by Crippen LogP contribution is 2.40. The van der Waals surface area contributed by atoms with E-state index in [1.165, 1.54) is 22.9 Å². The lowest BCUT2D eigenvalue weighted by molar-refractivity contribution is -0.150. The Kier molecular flexibility index (Phi) is 7.07. The van der Waals surface area contributed by atoms with E-state index in [0.717, 1.165) is 5.56 Å². The molecular formula is C24H22N4O5S. The molecule has 1 fully saturated rings. The number of nitrogens with zero attached hydrogens (tertiary/aromatic N) is 2. The van der Waals surface area contributed by atoms with E-state index >= 15 is 0 Å². The van der Waals surface area contributed by atoms with Crippen LogP contribution in [-0.4, -0.2) is 62.4 Å². The molecule has 34 heavy (non-hydrogen) atoms. The molecule has 1 saturated heterocycles. The van der Waals surface area contributed by atoms with Gasteiger partial charge in [-0.1, -0.05) is 42.5 Å². The number of carboxylic acids is 1. The van der Waals surface area contributed by atoms with Gasteiger partial charge in [0.15, 0.2) is 0 Å². The lowest BCUT2D eigenvalue weighted by atomic mass is 10.0. The number of nitrogens with one attached hydrogen (secondary N) is 2. The van der Waals surface area contributed by atoms with Gasteiger partial charge in [-0.2, -0.15) is 0 Å². The third kappa shape index (κ3) is 5.01. The van der Waals surface area contributed by atoms with Gasteiger partial charge in [0.25, 0.3) is 11.8 Å². The van der Waals surface area contributed by atoms with Gasteiger partial charge in [0.1, 0.15) is 17.1 Å². The Labute approximate surface area is 199 Å². The van der Waals surface area contributed by atoms with Gasteiger partial charge in [0.05, 0.1) is 12.0 Å². The van der Waals surface area contributed by atoms with Crippen LogP contribution in [0.15, 0.2) is 78.3 Å². The minimum atomic E-state index is -1.22. The van der Waals surface area contributed by atoms with Crippen molar-refractivity contribution in [3.8, 4) is 0 Å². The van der Waals surface area contributed by atoms with Crippen molar-refractivity contribution < 1.29 is 24.3 Å². The first kappa shape index (κ1) is 23.2. The van der Waals surface area contributed by atoms with Gasteiger partial charge in [0.2, 0.25) is 5.91 Å². The molecule has 3 heterocycles. The highest BCUT2D eigenvalue weighted by molar-refractivity contribution is 8.00. The summed E-state index contributed by atoms with van der Waals surface area (Å²) in [7, 11) is 0. The van der Waals surface area contributed by atoms with Crippen LogP contribution in [0.5, 0.6) is 0 Å². The van der Waals surface area contributed by atoms with Crippen LogP contribution in [0.4, 0.5) is 0 Å². The van der Waals surface area contributed by atoms with Crippen molar-refractivity contribution in [3.05, 3.63) is 89.4 Å². The van der Waals surface area contributed by atoms with Crippen molar-refractivity contribution in [2.45, 2.75) is 17.8 Å². The number of amides is 3. The second-order valence-electron chi connectivity index (χ2n) is 7.65. The van der Waals surface area contributed by atoms with E-state index in [1.54, 1.807) is 30.5 Å². The summed E-state index contributed by atoms with van der Waals surface area (Å²) in [5, 5.41) is 14.7. The summed E-state index contributed by atoms with van der Waals surface area (Å²) in [5.74, 6) is -1.90. The van der Waals surface area contributed by atoms with Gasteiger partial charge in [-0.3, -0.25) is 24.3 Å². The van der Waals surface area contributed by atoms with Gasteiger partial charge >= 0.3 is 5.97 Å². The Morgan fingerprint density at radius 2 is 1.97 bits per heavy atom. The number of hydrogen-bond acceptors (Lipinski definition) is 6. The van der Waals surface area contributed by atoms with E-state index in [4.69, 9.17) is 0 Å². The van der Waals surface area contributed by atoms with Gasteiger partial charge in [-0.05, 0) is 23.3 Å². The standard InChI is InChI=1S/C24H22N4O5S/c29-18(12-15-6-2-1-3-7-15)27-19-22(31)28-20(24(32)33)17(14-34-23(19)28)9-5-11-26-21(30)16-8-4-10-25-13-16/h1-10,13,19,23H,11-12,14H2,(H,26,30)(H,27,29)(H,32,33)/b9-5+/t19-,23-/m1/s1. The van der Waals surface area contributed by atoms with Crippen LogP contribution in [0, 0.1) is 0 Å². The third-order valence-corrected chi connectivity index (χ3v) is 6.65. The molecule has 0 spiro atoms. The molecule has 1 aromatic heterocycles. The highest BCUT2D eigenvalue weighted by Gasteiger charge is 2.53. The first-order valence-electron chi connectivity index (χ1n) is 10.5. The topological polar surface area (TPSA) is 129 Å². The predicted octanol–water partition coefficient (Wildman–Crippen LogP) is 1.35. The maximum Gasteiger partial charge on any atom is 0.352 e. The lowest BCUT2D eigenvalue weighted by Gasteiger charge is -2.49. The Bertz CT molecular complexity index is 1170. The number of allylic oxidation sites excluding steroid dienone is 1. The summed E-state index contributed by atoms with van der Waals surface area (Å²) in [6.45, 7) is 0.185. The molecule has 9 nitrogen and oxygen atoms in total. The molecule has 3 amide bonds. The number of aliphatic carboxylic acids is 1. The molecule has 3 N–H and O–H groups in total. The lowest BCUT2D eigenvalue weighted by Crippen LogP contribution is -2.70. The minimum Gasteiger partial charge on any atom is -0.477 e. The number of carboxylic acid groups (broad SMARTS) is 1. The molecule has 2 aromatic rings. The molecule has 0 unspecified atom stereocenters. The van der Waals surface area contributed by atoms with Crippen LogP contribution in [0.1, 0.15) is 15.9 Å². The maximum atomic E-state index is 12.7. The summed E-state index contributed by atoms with van der Waals surface area (Å²) in [5.41, 5.74) is 1.61. The summed E-state index contributed by atoms with van der Waals surface area (Å²) in [6.07, 6.45) is 6.40. The van der Waals surface area contributed by atoms with E-state index in [1.807, 2.05) is 30.3 Å². The molecule has 1 aromatic carbocycles. The van der Waals surface area contributed by atoms with E-state index in [9.17, 15) is 24.3 Å². The van der Waals surface area contributed by atoms with E-state index < -0.39 is 23.3 Å². The zero-order chi connectivity index (χ0) is 24.1. The molecule has 2 atom stereocenters. The number of β-lactam (4-membered cyclic amide) rings is 1. The monoisotopic (exact) mass is 478 g/mol. The van der Waals surface area contributed by atoms with E-state index in [0.29, 0.717) is 16.9 Å². The molecule has 0 bridgehead atoms. The minimum absolute atomic E-state index is 0.0999. The number of thioether (sulfide) groups is 1. The normalized spacial score (nSPS) is 19.4. The van der Waals surface area contributed by atoms with Crippen molar-refractivity contribution in [2.75, 3.05) is 12.3 Å². The fourth-order valence-corrected chi connectivity index (χ4v) is 5.05. The average molecular weight is 479 g/mol. The summed E-state index contributed by atoms with van der Waals surface area (Å²) in [6, 6.07) is 11.7. The smallest absolute Gasteiger partial charge is 0.352 e. The van der Waals surface area contributed by atoms with Crippen molar-refractivity contribution in [1.29, 1.82) is 0 Å². The second kappa shape index (κ2) is 10.3. The molecule has 174 valence electrons. The van der Waals surface area contributed by atoms with Crippen LogP contribution >= 0.6 is 11.8 Å². The van der Waals surface area contributed by atoms with Crippen LogP contribution in [0.2, 0.25) is 0 Å². The third-order valence-electron chi connectivity index (χ3n) is 5.35. The molecule has 0 saturated carbocycles. The Balaban J connectivity index is 1.38. The fourth-order valence-electron chi connectivity index (χ4n) is 3.73. The number of carbonyl (C=O) groups excluding carboxylic acids is 3. The Hall–Kier alpha value is -3.92. The number of hydrogen-bond donors (Lipinski definition) is 3. The predicted molar refractivity (Wildman–Crippen MR) is 126 cm³/mol. The average Bonchev–Trinajstić information content (AvgIpc) is 2.85. The van der Waals surface area contributed by atoms with Crippen LogP contribution < -0.4 is 10.6 Å². The molecule has 2 aliphatic heterocycles. The number of rotatable bonds is 8. The molecular weight excluding hydrogens is 456 g/mol. The molecule has 10 heteroatoms. The van der Waals surface area contributed by atoms with Crippen molar-refractivity contribution in [3.63, 3.8) is 0 Å². The number of pyridine rings is 1. The van der Waals surface area contributed by atoms with E-state index in [-0.39, 0.29) is 30.5 Å². The fraction of sp³-hybridized carbons (Fsp3) is 0.208. The molecule has 0 aliphatic carbocycles. The Morgan fingerprint density at radius 3 is 2.68 bits per heavy atom. The first-order valence-corrected chi connectivity index (χ1v) is 11.6. The number of aromatic nitrogens is 1. The van der Waals surface area contributed by atoms with Gasteiger partial charge < -0.3 is 15.7 Å². The molecule has 2 aliphatic rings. The maximum absolute atomic E-state index is 12.7. The quantitative estimate of drug-likeness (QED) is 0.489. The van der Waals surface area contributed by atoms with Gasteiger partial charge in [-0.15, -0.1) is 11.8 Å². The molecule has 0 radical (unpaired) electrons.